The quantitative estimate of drug-likeness (QED) is 0.0678. The van der Waals surface area contributed by atoms with Gasteiger partial charge in [-0.05, 0) is 42.6 Å². The lowest BCUT2D eigenvalue weighted by Crippen LogP contribution is -2.22. The van der Waals surface area contributed by atoms with Crippen LogP contribution in [0.1, 0.15) is 4.88 Å². The molecule has 0 atom stereocenters. The van der Waals surface area contributed by atoms with Gasteiger partial charge >= 0.3 is 18.4 Å². The number of amides is 4. The Morgan fingerprint density at radius 3 is 1.64 bits per heavy atom. The number of nitrogens with one attached hydrogen (secondary N) is 4. The molecule has 0 bridgehead atoms. The van der Waals surface area contributed by atoms with Gasteiger partial charge in [-0.15, -0.1) is 24.5 Å². The summed E-state index contributed by atoms with van der Waals surface area (Å²) >= 11 is 1.49. The highest BCUT2D eigenvalue weighted by atomic mass is 32.1. The lowest BCUT2D eigenvalue weighted by atomic mass is 10.2. The number of phenolic OH excluding ortho intramolecular Hbond substituents is 2. The van der Waals surface area contributed by atoms with E-state index in [-0.39, 0.29) is 28.5 Å². The number of nitro benzene ring substituents is 2. The van der Waals surface area contributed by atoms with E-state index in [4.69, 9.17) is 0 Å². The Balaban J connectivity index is 0.000000251. The normalized spacial score (nSPS) is 10.5. The molecule has 0 fully saturated rings. The van der Waals surface area contributed by atoms with Gasteiger partial charge in [-0.3, -0.25) is 20.2 Å². The monoisotopic (exact) mass is 650 g/mol. The number of carbonyl (C=O) groups excluding carboxylic acids is 2. The van der Waals surface area contributed by atoms with Crippen LogP contribution in [-0.4, -0.2) is 38.5 Å². The molecule has 15 nitrogen and oxygen atoms in total. The highest BCUT2D eigenvalue weighted by Crippen LogP contribution is 2.32. The molecule has 4 rings (SSSR count). The number of phenols is 2. The Morgan fingerprint density at radius 2 is 1.22 bits per heavy atom. The Hall–Kier alpha value is -6.11. The van der Waals surface area contributed by atoms with Crippen LogP contribution >= 0.6 is 11.3 Å². The molecule has 4 aromatic rings. The van der Waals surface area contributed by atoms with Gasteiger partial charge in [-0.1, -0.05) is 12.1 Å². The molecule has 0 saturated carbocycles. The fourth-order valence-electron chi connectivity index (χ4n) is 3.33. The molecule has 0 spiro atoms. The minimum absolute atomic E-state index is 0.0981. The molecular formula is C26H21F3N6O9S. The van der Waals surface area contributed by atoms with Crippen LogP contribution in [0, 0.1) is 27.2 Å². The van der Waals surface area contributed by atoms with Gasteiger partial charge in [0.25, 0.3) is 11.4 Å². The molecule has 3 aromatic carbocycles. The predicted molar refractivity (Wildman–Crippen MR) is 157 cm³/mol. The van der Waals surface area contributed by atoms with Crippen molar-refractivity contribution >= 4 is 57.5 Å². The van der Waals surface area contributed by atoms with Crippen molar-refractivity contribution in [3.05, 3.63) is 97.2 Å². The molecule has 19 heteroatoms. The summed E-state index contributed by atoms with van der Waals surface area (Å²) in [6.45, 7) is 1.86. The number of halogens is 3. The smallest absolute Gasteiger partial charge is 0.506 e. The molecule has 1 heterocycles. The highest BCUT2D eigenvalue weighted by Gasteiger charge is 2.32. The van der Waals surface area contributed by atoms with E-state index in [0.29, 0.717) is 5.69 Å². The third kappa shape index (κ3) is 9.99. The number of rotatable bonds is 7. The predicted octanol–water partition coefficient (Wildman–Crippen LogP) is 7.16. The van der Waals surface area contributed by atoms with Crippen LogP contribution < -0.4 is 26.0 Å². The largest absolute Gasteiger partial charge is 0.573 e. The number of alkyl halides is 3. The minimum atomic E-state index is -4.94. The highest BCUT2D eigenvalue weighted by molar-refractivity contribution is 7.10. The first kappa shape index (κ1) is 33.4. The van der Waals surface area contributed by atoms with Gasteiger partial charge in [0.15, 0.2) is 5.75 Å². The maximum atomic E-state index is 12.3. The number of urea groups is 2. The first-order chi connectivity index (χ1) is 21.1. The number of ether oxygens (including phenoxy) is 1. The summed E-state index contributed by atoms with van der Waals surface area (Å²) in [5.74, 6) is -1.57. The molecule has 0 aliphatic rings. The standard InChI is InChI=1S/C14H10F3N3O5.C12H11N3O4S/c15-14(16,17)25-12-4-2-1-3-10(12)19-13(22)18-9-6-5-8(20(23)24)7-11(9)21;1-7-9(4-5-20-7)13-12(17)14-10-3-2-8(15(18)19)6-11(10)16/h1-7,21H,(H2,18,19,22);2-6,16H,1H3,(H2,13,14,17). The Morgan fingerprint density at radius 1 is 0.756 bits per heavy atom. The number of hydrogen-bond donors (Lipinski definition) is 6. The topological polar surface area (TPSA) is 218 Å². The molecule has 236 valence electrons. The number of nitrogens with zero attached hydrogens (tertiary/aromatic N) is 2. The molecule has 0 aliphatic heterocycles. The van der Waals surface area contributed by atoms with Crippen molar-refractivity contribution in [1.82, 2.24) is 0 Å². The number of benzene rings is 3. The zero-order valence-electron chi connectivity index (χ0n) is 22.6. The van der Waals surface area contributed by atoms with Crippen molar-refractivity contribution in [2.24, 2.45) is 0 Å². The van der Waals surface area contributed by atoms with E-state index in [2.05, 4.69) is 26.0 Å². The van der Waals surface area contributed by atoms with Gasteiger partial charge in [-0.25, -0.2) is 9.59 Å². The number of aryl methyl sites for hydroxylation is 1. The van der Waals surface area contributed by atoms with Crippen LogP contribution in [0.4, 0.5) is 56.9 Å². The molecule has 0 unspecified atom stereocenters. The lowest BCUT2D eigenvalue weighted by Gasteiger charge is -2.14. The van der Waals surface area contributed by atoms with Crippen LogP contribution in [0.3, 0.4) is 0 Å². The van der Waals surface area contributed by atoms with Crippen LogP contribution in [0.15, 0.2) is 72.1 Å². The SMILES string of the molecule is Cc1sccc1NC(=O)Nc1ccc([N+](=O)[O-])cc1O.O=C(Nc1ccc([N+](=O)[O-])cc1O)Nc1ccccc1OC(F)(F)F. The van der Waals surface area contributed by atoms with Gasteiger partial charge in [0.05, 0.1) is 44.7 Å². The van der Waals surface area contributed by atoms with Crippen molar-refractivity contribution < 1.29 is 47.6 Å². The van der Waals surface area contributed by atoms with Crippen molar-refractivity contribution in [3.8, 4) is 17.2 Å². The summed E-state index contributed by atoms with van der Waals surface area (Å²) < 4.78 is 40.8. The van der Waals surface area contributed by atoms with Crippen LogP contribution in [0.25, 0.3) is 0 Å². The summed E-state index contributed by atoms with van der Waals surface area (Å²) in [6, 6.07) is 11.5. The molecular weight excluding hydrogens is 629 g/mol. The van der Waals surface area contributed by atoms with Crippen LogP contribution in [0.2, 0.25) is 0 Å². The number of anilines is 4. The fraction of sp³-hybridized carbons (Fsp3) is 0.0769. The van der Waals surface area contributed by atoms with Gasteiger partial charge in [0.2, 0.25) is 0 Å². The van der Waals surface area contributed by atoms with Gasteiger partial charge in [-0.2, -0.15) is 0 Å². The maximum absolute atomic E-state index is 12.3. The third-order valence-electron chi connectivity index (χ3n) is 5.35. The number of nitro groups is 2. The van der Waals surface area contributed by atoms with E-state index in [1.54, 1.807) is 6.07 Å². The van der Waals surface area contributed by atoms with Crippen LogP contribution in [0.5, 0.6) is 17.2 Å². The molecule has 1 aromatic heterocycles. The lowest BCUT2D eigenvalue weighted by molar-refractivity contribution is -0.385. The molecule has 4 amide bonds. The average molecular weight is 651 g/mol. The third-order valence-corrected chi connectivity index (χ3v) is 6.19. The van der Waals surface area contributed by atoms with E-state index in [1.165, 1.54) is 41.7 Å². The maximum Gasteiger partial charge on any atom is 0.573 e. The van der Waals surface area contributed by atoms with E-state index in [0.717, 1.165) is 35.2 Å². The number of thiophene rings is 1. The first-order valence-corrected chi connectivity index (χ1v) is 13.0. The molecule has 0 radical (unpaired) electrons. The van der Waals surface area contributed by atoms with E-state index < -0.39 is 45.5 Å². The van der Waals surface area contributed by atoms with Crippen molar-refractivity contribution in [1.29, 1.82) is 0 Å². The summed E-state index contributed by atoms with van der Waals surface area (Å²) in [7, 11) is 0. The second kappa shape index (κ2) is 14.4. The summed E-state index contributed by atoms with van der Waals surface area (Å²) in [5, 5.41) is 51.5. The number of non-ortho nitro benzene ring substituents is 2. The zero-order valence-corrected chi connectivity index (χ0v) is 23.4. The Labute approximate surface area is 254 Å². The Kier molecular flexibility index (Phi) is 10.7. The molecule has 6 N–H and O–H groups in total. The Bertz CT molecular complexity index is 1730. The van der Waals surface area contributed by atoms with E-state index in [9.17, 15) is 53.2 Å². The number of hydrogen-bond acceptors (Lipinski definition) is 10. The number of para-hydroxylation sites is 2. The summed E-state index contributed by atoms with van der Waals surface area (Å²) in [6.07, 6.45) is -4.94. The minimum Gasteiger partial charge on any atom is -0.506 e. The van der Waals surface area contributed by atoms with Crippen molar-refractivity contribution in [2.45, 2.75) is 13.3 Å². The first-order valence-electron chi connectivity index (χ1n) is 12.1. The molecule has 0 saturated heterocycles. The second-order valence-corrected chi connectivity index (χ2v) is 9.63. The van der Waals surface area contributed by atoms with Crippen molar-refractivity contribution in [3.63, 3.8) is 0 Å². The second-order valence-electron chi connectivity index (χ2n) is 8.51. The van der Waals surface area contributed by atoms with E-state index in [1.807, 2.05) is 12.3 Å². The average Bonchev–Trinajstić information content (AvgIpc) is 3.35. The van der Waals surface area contributed by atoms with Gasteiger partial charge < -0.3 is 36.2 Å². The summed E-state index contributed by atoms with van der Waals surface area (Å²) in [4.78, 5) is 44.3. The molecule has 45 heavy (non-hydrogen) atoms. The molecule has 0 aliphatic carbocycles. The summed E-state index contributed by atoms with van der Waals surface area (Å²) in [5.41, 5.74) is -0.305. The van der Waals surface area contributed by atoms with Crippen molar-refractivity contribution in [2.75, 3.05) is 21.3 Å². The zero-order chi connectivity index (χ0) is 33.3. The van der Waals surface area contributed by atoms with Gasteiger partial charge in [0.1, 0.15) is 11.5 Å². The number of aromatic hydroxyl groups is 2. The van der Waals surface area contributed by atoms with Gasteiger partial charge in [0, 0.05) is 17.0 Å². The fourth-order valence-corrected chi connectivity index (χ4v) is 3.98. The number of carbonyl (C=O) groups is 2. The van der Waals surface area contributed by atoms with E-state index >= 15 is 0 Å². The van der Waals surface area contributed by atoms with Crippen LogP contribution in [-0.2, 0) is 0 Å².